The predicted molar refractivity (Wildman–Crippen MR) is 77.2 cm³/mol. The van der Waals surface area contributed by atoms with Gasteiger partial charge in [0.05, 0.1) is 6.26 Å². The molecule has 8 nitrogen and oxygen atoms in total. The van der Waals surface area contributed by atoms with Crippen molar-refractivity contribution in [1.82, 2.24) is 19.9 Å². The summed E-state index contributed by atoms with van der Waals surface area (Å²) in [5.74, 6) is -1.07. The van der Waals surface area contributed by atoms with Crippen molar-refractivity contribution in [3.05, 3.63) is 24.1 Å². The molecule has 0 fully saturated rings. The molecule has 2 rings (SSSR count). The molecule has 1 N–H and O–H groups in total. The maximum Gasteiger partial charge on any atom is 0.358 e. The van der Waals surface area contributed by atoms with Crippen molar-refractivity contribution in [3.8, 4) is 11.5 Å². The van der Waals surface area contributed by atoms with Gasteiger partial charge in [-0.2, -0.15) is 0 Å². The predicted octanol–water partition coefficient (Wildman–Crippen LogP) is 1.49. The molecule has 0 bridgehead atoms. The maximum absolute atomic E-state index is 12.2. The van der Waals surface area contributed by atoms with Crippen LogP contribution in [0.15, 0.2) is 22.8 Å². The number of carbonyl (C=O) groups is 2. The monoisotopic (exact) mass is 306 g/mol. The van der Waals surface area contributed by atoms with Gasteiger partial charge in [0.15, 0.2) is 5.76 Å². The minimum atomic E-state index is -1.22. The third kappa shape index (κ3) is 3.33. The fraction of sp³-hybridized carbons (Fsp3) is 0.429. The highest BCUT2D eigenvalue weighted by Gasteiger charge is 2.24. The molecular weight excluding hydrogens is 288 g/mol. The highest BCUT2D eigenvalue weighted by molar-refractivity contribution is 5.92. The molecule has 8 heteroatoms. The van der Waals surface area contributed by atoms with Crippen LogP contribution in [0.3, 0.4) is 0 Å². The fourth-order valence-electron chi connectivity index (χ4n) is 1.99. The molecule has 0 unspecified atom stereocenters. The second-order valence-electron chi connectivity index (χ2n) is 4.90. The van der Waals surface area contributed by atoms with Gasteiger partial charge in [0, 0.05) is 13.6 Å². The van der Waals surface area contributed by atoms with Crippen LogP contribution >= 0.6 is 0 Å². The van der Waals surface area contributed by atoms with E-state index in [1.54, 1.807) is 24.1 Å². The van der Waals surface area contributed by atoms with E-state index >= 15 is 0 Å². The molecule has 0 aromatic carbocycles. The average molecular weight is 306 g/mol. The number of hydrogen-bond donors (Lipinski definition) is 1. The van der Waals surface area contributed by atoms with Gasteiger partial charge in [0.1, 0.15) is 12.2 Å². The lowest BCUT2D eigenvalue weighted by Gasteiger charge is -2.16. The Hall–Kier alpha value is -2.64. The molecule has 0 aliphatic rings. The minimum Gasteiger partial charge on any atom is -0.476 e. The highest BCUT2D eigenvalue weighted by atomic mass is 16.4. The van der Waals surface area contributed by atoms with Crippen LogP contribution in [0.4, 0.5) is 0 Å². The summed E-state index contributed by atoms with van der Waals surface area (Å²) >= 11 is 0. The van der Waals surface area contributed by atoms with Gasteiger partial charge in [-0.05, 0) is 18.6 Å². The zero-order valence-electron chi connectivity index (χ0n) is 12.5. The second-order valence-corrected chi connectivity index (χ2v) is 4.90. The van der Waals surface area contributed by atoms with E-state index in [1.165, 1.54) is 10.9 Å². The first-order valence-electron chi connectivity index (χ1n) is 6.99. The second kappa shape index (κ2) is 6.88. The lowest BCUT2D eigenvalue weighted by molar-refractivity contribution is -0.130. The topological polar surface area (TPSA) is 101 Å². The van der Waals surface area contributed by atoms with Crippen molar-refractivity contribution in [2.24, 2.45) is 0 Å². The van der Waals surface area contributed by atoms with Crippen molar-refractivity contribution in [3.63, 3.8) is 0 Å². The standard InChI is InChI=1S/C14H18N4O4/c1-3-4-7-17(2)11(19)9-18-13(10-6-5-8-22-10)12(14(20)21)15-16-18/h5-6,8H,3-4,7,9H2,1-2H3,(H,20,21). The van der Waals surface area contributed by atoms with Crippen LogP contribution in [0.1, 0.15) is 30.3 Å². The number of unbranched alkanes of at least 4 members (excludes halogenated alkanes) is 1. The minimum absolute atomic E-state index is 0.0868. The highest BCUT2D eigenvalue weighted by Crippen LogP contribution is 2.22. The Balaban J connectivity index is 2.25. The van der Waals surface area contributed by atoms with E-state index in [9.17, 15) is 14.7 Å². The number of aromatic nitrogens is 3. The van der Waals surface area contributed by atoms with E-state index in [0.29, 0.717) is 12.3 Å². The Morgan fingerprint density at radius 3 is 2.82 bits per heavy atom. The number of carboxylic acids is 1. The first-order chi connectivity index (χ1) is 10.5. The van der Waals surface area contributed by atoms with E-state index in [-0.39, 0.29) is 23.8 Å². The lowest BCUT2D eigenvalue weighted by atomic mass is 10.2. The van der Waals surface area contributed by atoms with Crippen molar-refractivity contribution < 1.29 is 19.1 Å². The van der Waals surface area contributed by atoms with Gasteiger partial charge >= 0.3 is 5.97 Å². The Bertz CT molecular complexity index is 648. The molecule has 22 heavy (non-hydrogen) atoms. The van der Waals surface area contributed by atoms with Crippen LogP contribution in [0, 0.1) is 0 Å². The molecule has 2 aromatic rings. The Kier molecular flexibility index (Phi) is 4.92. The Morgan fingerprint density at radius 1 is 1.45 bits per heavy atom. The number of rotatable bonds is 7. The van der Waals surface area contributed by atoms with Gasteiger partial charge in [-0.25, -0.2) is 9.48 Å². The Labute approximate surface area is 127 Å². The van der Waals surface area contributed by atoms with Gasteiger partial charge in [-0.15, -0.1) is 5.10 Å². The Morgan fingerprint density at radius 2 is 2.23 bits per heavy atom. The van der Waals surface area contributed by atoms with E-state index in [1.807, 2.05) is 6.92 Å². The van der Waals surface area contributed by atoms with Gasteiger partial charge in [0.2, 0.25) is 11.6 Å². The maximum atomic E-state index is 12.2. The van der Waals surface area contributed by atoms with Crippen LogP contribution in [0.5, 0.6) is 0 Å². The number of likely N-dealkylation sites (N-methyl/N-ethyl adjacent to an activating group) is 1. The van der Waals surface area contributed by atoms with Crippen LogP contribution in [-0.4, -0.2) is 50.5 Å². The molecule has 1 amide bonds. The van der Waals surface area contributed by atoms with Crippen LogP contribution < -0.4 is 0 Å². The summed E-state index contributed by atoms with van der Waals surface area (Å²) in [7, 11) is 1.71. The third-order valence-corrected chi connectivity index (χ3v) is 3.25. The lowest BCUT2D eigenvalue weighted by Crippen LogP contribution is -2.31. The molecule has 0 radical (unpaired) electrons. The van der Waals surface area contributed by atoms with Gasteiger partial charge < -0.3 is 14.4 Å². The molecule has 0 aliphatic carbocycles. The molecular formula is C14H18N4O4. The van der Waals surface area contributed by atoms with E-state index in [4.69, 9.17) is 4.42 Å². The fourth-order valence-corrected chi connectivity index (χ4v) is 1.99. The molecule has 0 aliphatic heterocycles. The van der Waals surface area contributed by atoms with E-state index in [2.05, 4.69) is 10.3 Å². The third-order valence-electron chi connectivity index (χ3n) is 3.25. The molecule has 2 aromatic heterocycles. The molecule has 0 atom stereocenters. The summed E-state index contributed by atoms with van der Waals surface area (Å²) in [6.07, 6.45) is 3.32. The SMILES string of the molecule is CCCCN(C)C(=O)Cn1nnc(C(=O)O)c1-c1ccco1. The van der Waals surface area contributed by atoms with E-state index < -0.39 is 5.97 Å². The summed E-state index contributed by atoms with van der Waals surface area (Å²) in [5.41, 5.74) is -0.0475. The summed E-state index contributed by atoms with van der Waals surface area (Å²) < 4.78 is 6.48. The first-order valence-corrected chi connectivity index (χ1v) is 6.99. The number of carbonyl (C=O) groups excluding carboxylic acids is 1. The smallest absolute Gasteiger partial charge is 0.358 e. The first kappa shape index (κ1) is 15.7. The average Bonchev–Trinajstić information content (AvgIpc) is 3.12. The van der Waals surface area contributed by atoms with Crippen LogP contribution in [0.2, 0.25) is 0 Å². The van der Waals surface area contributed by atoms with Crippen molar-refractivity contribution in [1.29, 1.82) is 0 Å². The molecule has 0 saturated heterocycles. The zero-order valence-corrected chi connectivity index (χ0v) is 12.5. The summed E-state index contributed by atoms with van der Waals surface area (Å²) in [5, 5.41) is 16.6. The molecule has 118 valence electrons. The number of carboxylic acid groups (broad SMARTS) is 1. The number of amides is 1. The number of nitrogens with zero attached hydrogens (tertiary/aromatic N) is 4. The number of aromatic carboxylic acids is 1. The van der Waals surface area contributed by atoms with Crippen LogP contribution in [-0.2, 0) is 11.3 Å². The largest absolute Gasteiger partial charge is 0.476 e. The summed E-state index contributed by atoms with van der Waals surface area (Å²) in [4.78, 5) is 25.0. The summed E-state index contributed by atoms with van der Waals surface area (Å²) in [6.45, 7) is 2.60. The van der Waals surface area contributed by atoms with Crippen molar-refractivity contribution in [2.45, 2.75) is 26.3 Å². The normalized spacial score (nSPS) is 10.6. The summed E-state index contributed by atoms with van der Waals surface area (Å²) in [6, 6.07) is 3.24. The van der Waals surface area contributed by atoms with Gasteiger partial charge in [0.25, 0.3) is 0 Å². The van der Waals surface area contributed by atoms with Crippen molar-refractivity contribution >= 4 is 11.9 Å². The quantitative estimate of drug-likeness (QED) is 0.831. The molecule has 0 spiro atoms. The number of hydrogen-bond acceptors (Lipinski definition) is 5. The van der Waals surface area contributed by atoms with E-state index in [0.717, 1.165) is 12.8 Å². The van der Waals surface area contributed by atoms with Gasteiger partial charge in [-0.1, -0.05) is 18.6 Å². The van der Waals surface area contributed by atoms with Gasteiger partial charge in [-0.3, -0.25) is 4.79 Å². The number of furan rings is 1. The zero-order chi connectivity index (χ0) is 16.1. The molecule has 2 heterocycles. The molecule has 0 saturated carbocycles. The van der Waals surface area contributed by atoms with Crippen LogP contribution in [0.25, 0.3) is 11.5 Å². The van der Waals surface area contributed by atoms with Crippen molar-refractivity contribution in [2.75, 3.05) is 13.6 Å².